The van der Waals surface area contributed by atoms with E-state index in [1.54, 1.807) is 6.20 Å². The minimum absolute atomic E-state index is 0.411. The van der Waals surface area contributed by atoms with Gasteiger partial charge in [0.15, 0.2) is 5.16 Å². The van der Waals surface area contributed by atoms with Crippen LogP contribution in [0.25, 0.3) is 0 Å². The topological polar surface area (TPSA) is 54.5 Å². The van der Waals surface area contributed by atoms with Crippen LogP contribution >= 0.6 is 23.4 Å². The lowest BCUT2D eigenvalue weighted by molar-refractivity contribution is 0.939. The Bertz CT molecular complexity index is 337. The Morgan fingerprint density at radius 3 is 3.00 bits per heavy atom. The van der Waals surface area contributed by atoms with E-state index in [1.165, 1.54) is 18.1 Å². The number of aryl methyl sites for hydroxylation is 1. The van der Waals surface area contributed by atoms with Gasteiger partial charge in [0, 0.05) is 5.56 Å². The first kappa shape index (κ1) is 10.3. The maximum Gasteiger partial charge on any atom is 0.190 e. The zero-order chi connectivity index (χ0) is 9.68. The summed E-state index contributed by atoms with van der Waals surface area (Å²) in [5, 5.41) is 7.49. The number of halogens is 1. The van der Waals surface area contributed by atoms with Gasteiger partial charge in [-0.15, -0.1) is 0 Å². The average Bonchev–Trinajstić information content (AvgIpc) is 2.20. The van der Waals surface area contributed by atoms with Crippen molar-refractivity contribution < 1.29 is 0 Å². The van der Waals surface area contributed by atoms with Gasteiger partial charge in [-0.25, -0.2) is 9.97 Å². The van der Waals surface area contributed by atoms with Crippen molar-refractivity contribution in [3.8, 4) is 0 Å². The number of aromatic nitrogens is 4. The molecule has 0 aromatic carbocycles. The number of hydrogen-bond donors (Lipinski definition) is 1. The Morgan fingerprint density at radius 2 is 2.31 bits per heavy atom. The third-order valence-corrected chi connectivity index (χ3v) is 2.21. The second kappa shape index (κ2) is 5.04. The van der Waals surface area contributed by atoms with Crippen LogP contribution in [0.1, 0.15) is 5.56 Å². The maximum absolute atomic E-state index is 5.88. The zero-order valence-corrected chi connectivity index (χ0v) is 8.85. The van der Waals surface area contributed by atoms with Gasteiger partial charge in [-0.05, 0) is 13.2 Å². The van der Waals surface area contributed by atoms with Crippen LogP contribution in [0.5, 0.6) is 0 Å². The monoisotopic (exact) mass is 216 g/mol. The summed E-state index contributed by atoms with van der Waals surface area (Å²) in [6.07, 6.45) is 4.95. The quantitative estimate of drug-likeness (QED) is 0.730. The Morgan fingerprint density at radius 1 is 1.54 bits per heavy atom. The molecule has 0 aliphatic carbocycles. The molecule has 1 heterocycles. The van der Waals surface area contributed by atoms with Gasteiger partial charge in [0.2, 0.25) is 0 Å². The van der Waals surface area contributed by atoms with Crippen LogP contribution in [-0.2, 0) is 0 Å². The summed E-state index contributed by atoms with van der Waals surface area (Å²) in [5.74, 6) is 0. The highest BCUT2D eigenvalue weighted by Crippen LogP contribution is 2.11. The second-order valence-electron chi connectivity index (χ2n) is 2.22. The van der Waals surface area contributed by atoms with Gasteiger partial charge < -0.3 is 0 Å². The molecule has 0 saturated carbocycles. The summed E-state index contributed by atoms with van der Waals surface area (Å²) in [4.78, 5) is 8.08. The summed E-state index contributed by atoms with van der Waals surface area (Å²) in [5.41, 5.74) is 0.797. The predicted octanol–water partition coefficient (Wildman–Crippen LogP) is 2.01. The molecule has 1 N–H and O–H groups in total. The van der Waals surface area contributed by atoms with Crippen LogP contribution in [0.15, 0.2) is 17.7 Å². The SMILES string of the molecule is CSc1nc[nH]ncc(C)c(Cl)n1. The maximum atomic E-state index is 5.88. The molecule has 0 bridgehead atoms. The van der Waals surface area contributed by atoms with Crippen molar-refractivity contribution in [3.05, 3.63) is 23.2 Å². The fraction of sp³-hybridized carbons (Fsp3) is 0.286. The number of rotatable bonds is 1. The lowest BCUT2D eigenvalue weighted by Gasteiger charge is -1.89. The molecular weight excluding hydrogens is 208 g/mol. The minimum atomic E-state index is 0.411. The molecule has 6 heteroatoms. The van der Waals surface area contributed by atoms with E-state index in [-0.39, 0.29) is 0 Å². The Labute approximate surface area is 85.5 Å². The third-order valence-electron chi connectivity index (χ3n) is 1.27. The molecule has 0 saturated heterocycles. The number of nitrogens with zero attached hydrogens (tertiary/aromatic N) is 3. The molecular formula is C7H9ClN4S. The molecule has 4 nitrogen and oxygen atoms in total. The molecule has 0 amide bonds. The highest BCUT2D eigenvalue weighted by Gasteiger charge is 1.94. The smallest absolute Gasteiger partial charge is 0.190 e. The molecule has 1 rings (SSSR count). The number of aromatic amines is 1. The molecule has 0 radical (unpaired) electrons. The van der Waals surface area contributed by atoms with Crippen molar-refractivity contribution in [3.63, 3.8) is 0 Å². The summed E-state index contributed by atoms with van der Waals surface area (Å²) >= 11 is 7.30. The van der Waals surface area contributed by atoms with E-state index in [0.717, 1.165) is 5.56 Å². The summed E-state index contributed by atoms with van der Waals surface area (Å²) in [6, 6.07) is 0. The number of H-pyrrole nitrogens is 1. The molecule has 0 aliphatic heterocycles. The van der Waals surface area contributed by atoms with Crippen molar-refractivity contribution >= 4 is 23.4 Å². The van der Waals surface area contributed by atoms with Gasteiger partial charge in [-0.1, -0.05) is 23.4 Å². The highest BCUT2D eigenvalue weighted by atomic mass is 35.5. The largest absolute Gasteiger partial charge is 0.268 e. The molecule has 70 valence electrons. The van der Waals surface area contributed by atoms with Gasteiger partial charge in [-0.2, -0.15) is 5.10 Å². The first-order chi connectivity index (χ1) is 6.24. The lowest BCUT2D eigenvalue weighted by Crippen LogP contribution is -1.80. The van der Waals surface area contributed by atoms with Crippen LogP contribution in [-0.4, -0.2) is 26.4 Å². The van der Waals surface area contributed by atoms with Crippen LogP contribution in [0.3, 0.4) is 0 Å². The third kappa shape index (κ3) is 3.20. The van der Waals surface area contributed by atoms with Crippen molar-refractivity contribution in [2.45, 2.75) is 12.1 Å². The van der Waals surface area contributed by atoms with Crippen LogP contribution in [0.2, 0.25) is 5.15 Å². The lowest BCUT2D eigenvalue weighted by atomic mass is 10.4. The molecule has 0 atom stereocenters. The van der Waals surface area contributed by atoms with Crippen molar-refractivity contribution in [2.24, 2.45) is 0 Å². The van der Waals surface area contributed by atoms with Gasteiger partial charge in [-0.3, -0.25) is 5.10 Å². The molecule has 0 fully saturated rings. The standard InChI is InChI=1S/C7H9ClN4S/c1-5-3-10-11-4-9-7(13-2)12-6(5)8/h3-4H,1-2H3,(H,9,11,12). The number of nitrogens with one attached hydrogen (secondary N) is 1. The average molecular weight is 217 g/mol. The van der Waals surface area contributed by atoms with Crippen molar-refractivity contribution in [1.29, 1.82) is 0 Å². The number of hydrogen-bond acceptors (Lipinski definition) is 4. The van der Waals surface area contributed by atoms with Gasteiger partial charge in [0.1, 0.15) is 11.5 Å². The first-order valence-electron chi connectivity index (χ1n) is 3.54. The van der Waals surface area contributed by atoms with E-state index < -0.39 is 0 Å². The normalized spacial score (nSPS) is 9.46. The fourth-order valence-corrected chi connectivity index (χ4v) is 1.12. The molecule has 0 spiro atoms. The summed E-state index contributed by atoms with van der Waals surface area (Å²) in [6.45, 7) is 1.83. The molecule has 1 aromatic rings. The van der Waals surface area contributed by atoms with E-state index in [2.05, 4.69) is 20.2 Å². The van der Waals surface area contributed by atoms with E-state index in [4.69, 9.17) is 11.6 Å². The van der Waals surface area contributed by atoms with Gasteiger partial charge in [0.25, 0.3) is 0 Å². The molecule has 0 unspecified atom stereocenters. The van der Waals surface area contributed by atoms with Crippen molar-refractivity contribution in [1.82, 2.24) is 20.2 Å². The van der Waals surface area contributed by atoms with E-state index in [0.29, 0.717) is 10.3 Å². The van der Waals surface area contributed by atoms with E-state index in [1.807, 2.05) is 13.2 Å². The second-order valence-corrected chi connectivity index (χ2v) is 3.35. The number of thioether (sulfide) groups is 1. The first-order valence-corrected chi connectivity index (χ1v) is 5.14. The Kier molecular flexibility index (Phi) is 3.98. The summed E-state index contributed by atoms with van der Waals surface area (Å²) in [7, 11) is 0. The zero-order valence-electron chi connectivity index (χ0n) is 7.28. The molecule has 1 aromatic heterocycles. The molecule has 13 heavy (non-hydrogen) atoms. The summed E-state index contributed by atoms with van der Waals surface area (Å²) < 4.78 is 0. The van der Waals surface area contributed by atoms with Crippen LogP contribution < -0.4 is 0 Å². The van der Waals surface area contributed by atoms with Gasteiger partial charge in [0.05, 0.1) is 6.20 Å². The Balaban J connectivity index is 3.34. The van der Waals surface area contributed by atoms with E-state index in [9.17, 15) is 0 Å². The van der Waals surface area contributed by atoms with Crippen molar-refractivity contribution in [2.75, 3.05) is 6.26 Å². The van der Waals surface area contributed by atoms with E-state index >= 15 is 0 Å². The van der Waals surface area contributed by atoms with Crippen LogP contribution in [0, 0.1) is 6.92 Å². The predicted molar refractivity (Wildman–Crippen MR) is 53.3 cm³/mol. The van der Waals surface area contributed by atoms with Crippen LogP contribution in [0.4, 0.5) is 0 Å². The minimum Gasteiger partial charge on any atom is -0.268 e. The molecule has 0 aliphatic rings. The fourth-order valence-electron chi connectivity index (χ4n) is 0.604. The highest BCUT2D eigenvalue weighted by molar-refractivity contribution is 7.98. The van der Waals surface area contributed by atoms with Gasteiger partial charge >= 0.3 is 0 Å². The Hall–Kier alpha value is -0.810.